The van der Waals surface area contributed by atoms with Crippen molar-refractivity contribution in [2.24, 2.45) is 4.99 Å². The molecule has 0 aliphatic carbocycles. The molecule has 148 valence electrons. The van der Waals surface area contributed by atoms with Crippen molar-refractivity contribution in [3.8, 4) is 0 Å². The molecule has 28 heavy (non-hydrogen) atoms. The number of aliphatic imine (C=N–C) groups is 1. The van der Waals surface area contributed by atoms with Crippen LogP contribution in [0.2, 0.25) is 0 Å². The van der Waals surface area contributed by atoms with E-state index in [0.717, 1.165) is 34.3 Å². The van der Waals surface area contributed by atoms with Gasteiger partial charge in [-0.1, -0.05) is 30.3 Å². The van der Waals surface area contributed by atoms with Crippen LogP contribution in [0.25, 0.3) is 11.0 Å². The van der Waals surface area contributed by atoms with Gasteiger partial charge in [0.15, 0.2) is 15.8 Å². The molecular weight excluding hydrogens is 374 g/mol. The third-order valence-corrected chi connectivity index (χ3v) is 5.77. The third-order valence-electron chi connectivity index (χ3n) is 4.64. The third kappa shape index (κ3) is 4.72. The summed E-state index contributed by atoms with van der Waals surface area (Å²) in [6.45, 7) is 3.28. The van der Waals surface area contributed by atoms with Crippen molar-refractivity contribution in [1.82, 2.24) is 10.6 Å². The number of hydrogen-bond donors (Lipinski definition) is 2. The van der Waals surface area contributed by atoms with Crippen LogP contribution in [0.3, 0.4) is 0 Å². The summed E-state index contributed by atoms with van der Waals surface area (Å²) < 4.78 is 28.9. The van der Waals surface area contributed by atoms with Crippen LogP contribution in [0.4, 0.5) is 0 Å². The lowest BCUT2D eigenvalue weighted by Gasteiger charge is -2.11. The number of nitrogens with one attached hydrogen (secondary N) is 2. The molecule has 0 spiro atoms. The van der Waals surface area contributed by atoms with Crippen LogP contribution < -0.4 is 10.6 Å². The molecule has 0 aliphatic rings. The fourth-order valence-electron chi connectivity index (χ4n) is 3.01. The number of nitrogens with zero attached hydrogens (tertiary/aromatic N) is 1. The molecule has 0 amide bonds. The van der Waals surface area contributed by atoms with Crippen molar-refractivity contribution < 1.29 is 12.8 Å². The Bertz CT molecular complexity index is 1080. The lowest BCUT2D eigenvalue weighted by Crippen LogP contribution is -2.37. The van der Waals surface area contributed by atoms with Gasteiger partial charge in [0.25, 0.3) is 0 Å². The van der Waals surface area contributed by atoms with E-state index in [1.807, 2.05) is 30.3 Å². The van der Waals surface area contributed by atoms with Gasteiger partial charge in [0.2, 0.25) is 0 Å². The van der Waals surface area contributed by atoms with E-state index in [4.69, 9.17) is 4.42 Å². The predicted octanol–water partition coefficient (Wildman–Crippen LogP) is 3.05. The van der Waals surface area contributed by atoms with Crippen molar-refractivity contribution in [2.75, 3.05) is 19.8 Å². The molecule has 7 heteroatoms. The van der Waals surface area contributed by atoms with Gasteiger partial charge in [0.05, 0.1) is 11.4 Å². The van der Waals surface area contributed by atoms with Crippen LogP contribution in [0, 0.1) is 6.92 Å². The highest BCUT2D eigenvalue weighted by atomic mass is 32.2. The first-order valence-corrected chi connectivity index (χ1v) is 11.0. The molecule has 6 nitrogen and oxygen atoms in total. The monoisotopic (exact) mass is 399 g/mol. The van der Waals surface area contributed by atoms with E-state index in [1.54, 1.807) is 19.2 Å². The van der Waals surface area contributed by atoms with Crippen LogP contribution in [0.5, 0.6) is 0 Å². The first-order chi connectivity index (χ1) is 13.4. The zero-order valence-electron chi connectivity index (χ0n) is 16.3. The molecule has 1 aromatic heterocycles. The zero-order valence-corrected chi connectivity index (χ0v) is 17.1. The normalized spacial score (nSPS) is 12.3. The SMILES string of the molecule is CN=C(NCCc1ccc(S(C)(=O)=O)cc1)NCc1oc2ccccc2c1C. The van der Waals surface area contributed by atoms with Crippen molar-refractivity contribution in [2.45, 2.75) is 24.8 Å². The van der Waals surface area contributed by atoms with Gasteiger partial charge in [-0.05, 0) is 37.1 Å². The molecule has 0 atom stereocenters. The Morgan fingerprint density at radius 3 is 2.43 bits per heavy atom. The number of rotatable bonds is 6. The van der Waals surface area contributed by atoms with Crippen LogP contribution in [0.15, 0.2) is 62.8 Å². The minimum atomic E-state index is -3.16. The molecule has 0 unspecified atom stereocenters. The minimum Gasteiger partial charge on any atom is -0.459 e. The molecule has 0 saturated carbocycles. The van der Waals surface area contributed by atoms with E-state index < -0.39 is 9.84 Å². The number of aryl methyl sites for hydroxylation is 1. The van der Waals surface area contributed by atoms with Crippen LogP contribution >= 0.6 is 0 Å². The van der Waals surface area contributed by atoms with Crippen LogP contribution in [-0.2, 0) is 22.8 Å². The maximum absolute atomic E-state index is 11.5. The highest BCUT2D eigenvalue weighted by molar-refractivity contribution is 7.90. The Balaban J connectivity index is 1.53. The fourth-order valence-corrected chi connectivity index (χ4v) is 3.64. The summed E-state index contributed by atoms with van der Waals surface area (Å²) in [6, 6.07) is 15.0. The van der Waals surface area contributed by atoms with Crippen molar-refractivity contribution in [3.05, 3.63) is 65.4 Å². The second kappa shape index (κ2) is 8.48. The number of para-hydroxylation sites is 1. The topological polar surface area (TPSA) is 83.7 Å². The van der Waals surface area contributed by atoms with Crippen LogP contribution in [0.1, 0.15) is 16.9 Å². The minimum absolute atomic E-state index is 0.336. The molecule has 2 N–H and O–H groups in total. The summed E-state index contributed by atoms with van der Waals surface area (Å²) >= 11 is 0. The quantitative estimate of drug-likeness (QED) is 0.492. The average molecular weight is 400 g/mol. The van der Waals surface area contributed by atoms with E-state index in [-0.39, 0.29) is 0 Å². The van der Waals surface area contributed by atoms with Crippen molar-refractivity contribution in [3.63, 3.8) is 0 Å². The van der Waals surface area contributed by atoms with Gasteiger partial charge in [-0.3, -0.25) is 4.99 Å². The predicted molar refractivity (Wildman–Crippen MR) is 112 cm³/mol. The van der Waals surface area contributed by atoms with Gasteiger partial charge in [-0.15, -0.1) is 0 Å². The fraction of sp³-hybridized carbons (Fsp3) is 0.286. The number of fused-ring (bicyclic) bond motifs is 1. The van der Waals surface area contributed by atoms with E-state index in [1.165, 1.54) is 6.26 Å². The summed E-state index contributed by atoms with van der Waals surface area (Å²) in [5, 5.41) is 7.66. The highest BCUT2D eigenvalue weighted by Crippen LogP contribution is 2.24. The second-order valence-corrected chi connectivity index (χ2v) is 8.68. The maximum atomic E-state index is 11.5. The summed E-state index contributed by atoms with van der Waals surface area (Å²) in [4.78, 5) is 4.57. The number of furan rings is 1. The molecule has 1 heterocycles. The number of sulfone groups is 1. The Hall–Kier alpha value is -2.80. The molecule has 0 bridgehead atoms. The van der Waals surface area contributed by atoms with E-state index in [2.05, 4.69) is 28.6 Å². The molecule has 0 fully saturated rings. The van der Waals surface area contributed by atoms with E-state index >= 15 is 0 Å². The molecule has 0 radical (unpaired) electrons. The van der Waals surface area contributed by atoms with Gasteiger partial charge in [-0.2, -0.15) is 0 Å². The van der Waals surface area contributed by atoms with E-state index in [0.29, 0.717) is 23.9 Å². The molecular formula is C21H25N3O3S. The van der Waals surface area contributed by atoms with Crippen molar-refractivity contribution in [1.29, 1.82) is 0 Å². The summed E-state index contributed by atoms with van der Waals surface area (Å²) in [5.41, 5.74) is 3.07. The Morgan fingerprint density at radius 1 is 1.07 bits per heavy atom. The molecule has 3 aromatic rings. The summed E-state index contributed by atoms with van der Waals surface area (Å²) in [6.07, 6.45) is 1.97. The lowest BCUT2D eigenvalue weighted by molar-refractivity contribution is 0.534. The number of hydrogen-bond acceptors (Lipinski definition) is 4. The standard InChI is InChI=1S/C21H25N3O3S/c1-15-18-6-4-5-7-19(18)27-20(15)14-24-21(22-2)23-13-12-16-8-10-17(11-9-16)28(3,25)26/h4-11H,12-14H2,1-3H3,(H2,22,23,24). The number of guanidine groups is 1. The Morgan fingerprint density at radius 2 is 1.79 bits per heavy atom. The smallest absolute Gasteiger partial charge is 0.191 e. The Labute approximate surface area is 165 Å². The molecule has 0 aliphatic heterocycles. The van der Waals surface area contributed by atoms with Gasteiger partial charge >= 0.3 is 0 Å². The van der Waals surface area contributed by atoms with E-state index in [9.17, 15) is 8.42 Å². The average Bonchev–Trinajstić information content (AvgIpc) is 3.00. The largest absolute Gasteiger partial charge is 0.459 e. The lowest BCUT2D eigenvalue weighted by atomic mass is 10.1. The summed E-state index contributed by atoms with van der Waals surface area (Å²) in [5.74, 6) is 1.58. The Kier molecular flexibility index (Phi) is 6.04. The second-order valence-electron chi connectivity index (χ2n) is 6.67. The highest BCUT2D eigenvalue weighted by Gasteiger charge is 2.10. The zero-order chi connectivity index (χ0) is 20.1. The number of benzene rings is 2. The van der Waals surface area contributed by atoms with Gasteiger partial charge < -0.3 is 15.1 Å². The maximum Gasteiger partial charge on any atom is 0.191 e. The van der Waals surface area contributed by atoms with Gasteiger partial charge in [-0.25, -0.2) is 8.42 Å². The van der Waals surface area contributed by atoms with Gasteiger partial charge in [0.1, 0.15) is 11.3 Å². The van der Waals surface area contributed by atoms with Crippen molar-refractivity contribution >= 4 is 26.8 Å². The summed E-state index contributed by atoms with van der Waals surface area (Å²) in [7, 11) is -1.43. The first kappa shape index (κ1) is 19.9. The first-order valence-electron chi connectivity index (χ1n) is 9.09. The molecule has 0 saturated heterocycles. The van der Waals surface area contributed by atoms with Crippen LogP contribution in [-0.4, -0.2) is 34.2 Å². The molecule has 3 rings (SSSR count). The molecule has 2 aromatic carbocycles. The van der Waals surface area contributed by atoms with Gasteiger partial charge in [0, 0.05) is 30.8 Å².